The number of benzene rings is 1. The molecular weight excluding hydrogens is 226 g/mol. The second kappa shape index (κ2) is 6.76. The van der Waals surface area contributed by atoms with Crippen molar-refractivity contribution in [2.45, 2.75) is 32.2 Å². The van der Waals surface area contributed by atoms with Crippen LogP contribution in [-0.4, -0.2) is 42.9 Å². The molecule has 3 heteroatoms. The van der Waals surface area contributed by atoms with Crippen molar-refractivity contribution < 1.29 is 9.84 Å². The molecule has 1 aromatic carbocycles. The molecule has 0 bridgehead atoms. The van der Waals surface area contributed by atoms with E-state index in [1.807, 2.05) is 12.1 Å². The summed E-state index contributed by atoms with van der Waals surface area (Å²) in [4.78, 5) is 2.30. The summed E-state index contributed by atoms with van der Waals surface area (Å²) in [5, 5.41) is 9.05. The molecule has 1 N–H and O–H groups in total. The fourth-order valence-corrected chi connectivity index (χ4v) is 1.86. The van der Waals surface area contributed by atoms with Crippen LogP contribution in [0.5, 0.6) is 5.75 Å². The molecule has 0 fully saturated rings. The third-order valence-corrected chi connectivity index (χ3v) is 3.65. The smallest absolute Gasteiger partial charge is 0.118 e. The first-order chi connectivity index (χ1) is 8.49. The van der Waals surface area contributed by atoms with Crippen LogP contribution in [0.3, 0.4) is 0 Å². The van der Waals surface area contributed by atoms with Gasteiger partial charge in [-0.25, -0.2) is 0 Å². The number of methoxy groups -OCH3 is 1. The Bertz CT molecular complexity index is 346. The highest BCUT2D eigenvalue weighted by Crippen LogP contribution is 2.18. The van der Waals surface area contributed by atoms with Gasteiger partial charge in [0.2, 0.25) is 0 Å². The molecule has 0 radical (unpaired) electrons. The van der Waals surface area contributed by atoms with Gasteiger partial charge in [-0.05, 0) is 51.4 Å². The number of likely N-dealkylation sites (N-methyl/N-ethyl adjacent to an activating group) is 1. The number of aliphatic hydroxyl groups excluding tert-OH is 1. The summed E-state index contributed by atoms with van der Waals surface area (Å²) in [6.07, 6.45) is 1.81. The molecule has 0 unspecified atom stereocenters. The van der Waals surface area contributed by atoms with Gasteiger partial charge in [-0.2, -0.15) is 0 Å². The molecule has 1 rings (SSSR count). The number of ether oxygens (including phenoxy) is 1. The number of hydrogen-bond donors (Lipinski definition) is 1. The minimum Gasteiger partial charge on any atom is -0.497 e. The lowest BCUT2D eigenvalue weighted by Crippen LogP contribution is -2.42. The van der Waals surface area contributed by atoms with E-state index in [0.29, 0.717) is 0 Å². The molecule has 102 valence electrons. The van der Waals surface area contributed by atoms with E-state index in [1.165, 1.54) is 5.56 Å². The van der Waals surface area contributed by atoms with E-state index in [4.69, 9.17) is 9.84 Å². The van der Waals surface area contributed by atoms with Gasteiger partial charge in [0.05, 0.1) is 7.11 Å². The molecule has 0 saturated carbocycles. The summed E-state index contributed by atoms with van der Waals surface area (Å²) in [5.41, 5.74) is 1.35. The molecule has 3 nitrogen and oxygen atoms in total. The number of nitrogens with zero attached hydrogens (tertiary/aromatic N) is 1. The summed E-state index contributed by atoms with van der Waals surface area (Å²) in [6, 6.07) is 8.19. The monoisotopic (exact) mass is 251 g/mol. The Morgan fingerprint density at radius 3 is 2.33 bits per heavy atom. The predicted molar refractivity (Wildman–Crippen MR) is 75.1 cm³/mol. The topological polar surface area (TPSA) is 32.7 Å². The SMILES string of the molecule is COc1ccc(CCN(C)C(C)(C)CCO)cc1. The lowest BCUT2D eigenvalue weighted by atomic mass is 9.98. The van der Waals surface area contributed by atoms with Crippen molar-refractivity contribution in [2.24, 2.45) is 0 Å². The Balaban J connectivity index is 2.48. The Kier molecular flexibility index (Phi) is 5.63. The Labute approximate surface area is 110 Å². The van der Waals surface area contributed by atoms with Crippen LogP contribution in [-0.2, 0) is 6.42 Å². The molecular formula is C15H25NO2. The third-order valence-electron chi connectivity index (χ3n) is 3.65. The van der Waals surface area contributed by atoms with Gasteiger partial charge in [0.15, 0.2) is 0 Å². The largest absolute Gasteiger partial charge is 0.497 e. The van der Waals surface area contributed by atoms with Gasteiger partial charge in [0.25, 0.3) is 0 Å². The Hall–Kier alpha value is -1.06. The summed E-state index contributed by atoms with van der Waals surface area (Å²) >= 11 is 0. The van der Waals surface area contributed by atoms with Crippen LogP contribution in [0.25, 0.3) is 0 Å². The number of aliphatic hydroxyl groups is 1. The van der Waals surface area contributed by atoms with E-state index in [9.17, 15) is 0 Å². The van der Waals surface area contributed by atoms with Gasteiger partial charge in [-0.1, -0.05) is 12.1 Å². The summed E-state index contributed by atoms with van der Waals surface area (Å²) in [5.74, 6) is 0.896. The number of rotatable bonds is 7. The zero-order chi connectivity index (χ0) is 13.6. The van der Waals surface area contributed by atoms with Crippen LogP contribution >= 0.6 is 0 Å². The molecule has 0 aliphatic heterocycles. The van der Waals surface area contributed by atoms with Crippen LogP contribution in [0, 0.1) is 0 Å². The summed E-state index contributed by atoms with van der Waals surface area (Å²) < 4.78 is 5.14. The van der Waals surface area contributed by atoms with Crippen molar-refractivity contribution >= 4 is 0 Å². The zero-order valence-electron chi connectivity index (χ0n) is 11.9. The lowest BCUT2D eigenvalue weighted by Gasteiger charge is -2.35. The fourth-order valence-electron chi connectivity index (χ4n) is 1.86. The minimum absolute atomic E-state index is 0.0429. The average molecular weight is 251 g/mol. The summed E-state index contributed by atoms with van der Waals surface area (Å²) in [6.45, 7) is 5.55. The first-order valence-corrected chi connectivity index (χ1v) is 6.44. The second-order valence-electron chi connectivity index (χ2n) is 5.31. The second-order valence-corrected chi connectivity index (χ2v) is 5.31. The van der Waals surface area contributed by atoms with Gasteiger partial charge >= 0.3 is 0 Å². The molecule has 0 atom stereocenters. The molecule has 0 aliphatic rings. The Morgan fingerprint density at radius 2 is 1.83 bits per heavy atom. The van der Waals surface area contributed by atoms with Gasteiger partial charge < -0.3 is 14.7 Å². The highest BCUT2D eigenvalue weighted by molar-refractivity contribution is 5.27. The van der Waals surface area contributed by atoms with Crippen molar-refractivity contribution in [3.8, 4) is 5.75 Å². The maximum Gasteiger partial charge on any atom is 0.118 e. The van der Waals surface area contributed by atoms with Crippen molar-refractivity contribution in [2.75, 3.05) is 27.3 Å². The van der Waals surface area contributed by atoms with Crippen LogP contribution in [0.2, 0.25) is 0 Å². The standard InChI is InChI=1S/C15H25NO2/c1-15(2,10-12-17)16(3)11-9-13-5-7-14(18-4)8-6-13/h5-8,17H,9-12H2,1-4H3. The highest BCUT2D eigenvalue weighted by atomic mass is 16.5. The molecule has 0 aliphatic carbocycles. The van der Waals surface area contributed by atoms with Crippen LogP contribution in [0.1, 0.15) is 25.8 Å². The average Bonchev–Trinajstić information content (AvgIpc) is 2.36. The molecule has 18 heavy (non-hydrogen) atoms. The fraction of sp³-hybridized carbons (Fsp3) is 0.600. The maximum atomic E-state index is 9.05. The van der Waals surface area contributed by atoms with Crippen LogP contribution in [0.4, 0.5) is 0 Å². The molecule has 0 saturated heterocycles. The van der Waals surface area contributed by atoms with Crippen molar-refractivity contribution in [1.29, 1.82) is 0 Å². The van der Waals surface area contributed by atoms with Crippen molar-refractivity contribution in [1.82, 2.24) is 4.90 Å². The highest BCUT2D eigenvalue weighted by Gasteiger charge is 2.22. The molecule has 0 aromatic heterocycles. The van der Waals surface area contributed by atoms with E-state index in [-0.39, 0.29) is 12.1 Å². The van der Waals surface area contributed by atoms with Crippen molar-refractivity contribution in [3.63, 3.8) is 0 Å². The zero-order valence-corrected chi connectivity index (χ0v) is 11.9. The molecule has 1 aromatic rings. The molecule has 0 heterocycles. The van der Waals surface area contributed by atoms with Gasteiger partial charge in [0.1, 0.15) is 5.75 Å². The van der Waals surface area contributed by atoms with Gasteiger partial charge in [-0.3, -0.25) is 0 Å². The summed E-state index contributed by atoms with van der Waals surface area (Å²) in [7, 11) is 3.79. The third kappa shape index (κ3) is 4.31. The van der Waals surface area contributed by atoms with E-state index in [0.717, 1.165) is 25.1 Å². The predicted octanol–water partition coefficient (Wildman–Crippen LogP) is 2.33. The van der Waals surface area contributed by atoms with E-state index < -0.39 is 0 Å². The van der Waals surface area contributed by atoms with Gasteiger partial charge in [-0.15, -0.1) is 0 Å². The Morgan fingerprint density at radius 1 is 1.22 bits per heavy atom. The molecule has 0 amide bonds. The first-order valence-electron chi connectivity index (χ1n) is 6.44. The minimum atomic E-state index is 0.0429. The van der Waals surface area contributed by atoms with E-state index in [1.54, 1.807) is 7.11 Å². The van der Waals surface area contributed by atoms with Crippen molar-refractivity contribution in [3.05, 3.63) is 29.8 Å². The molecule has 0 spiro atoms. The number of hydrogen-bond acceptors (Lipinski definition) is 3. The van der Waals surface area contributed by atoms with E-state index >= 15 is 0 Å². The van der Waals surface area contributed by atoms with Crippen LogP contribution in [0.15, 0.2) is 24.3 Å². The van der Waals surface area contributed by atoms with Crippen LogP contribution < -0.4 is 4.74 Å². The quantitative estimate of drug-likeness (QED) is 0.807. The van der Waals surface area contributed by atoms with E-state index in [2.05, 4.69) is 37.9 Å². The lowest BCUT2D eigenvalue weighted by molar-refractivity contribution is 0.118. The van der Waals surface area contributed by atoms with Gasteiger partial charge in [0, 0.05) is 18.7 Å². The maximum absolute atomic E-state index is 9.05. The normalized spacial score (nSPS) is 11.9. The first kappa shape index (κ1) is 15.0.